The lowest BCUT2D eigenvalue weighted by atomic mass is 9.85. The van der Waals surface area contributed by atoms with Crippen molar-refractivity contribution in [3.63, 3.8) is 0 Å². The van der Waals surface area contributed by atoms with Gasteiger partial charge in [0.15, 0.2) is 23.0 Å². The number of ether oxygens (including phenoxy) is 7. The van der Waals surface area contributed by atoms with Gasteiger partial charge in [0.2, 0.25) is 12.5 Å². The first-order valence-electron chi connectivity index (χ1n) is 9.66. The highest BCUT2D eigenvalue weighted by Crippen LogP contribution is 2.53. The predicted molar refractivity (Wildman–Crippen MR) is 103 cm³/mol. The van der Waals surface area contributed by atoms with E-state index in [1.807, 2.05) is 30.3 Å². The zero-order valence-corrected chi connectivity index (χ0v) is 16.7. The van der Waals surface area contributed by atoms with E-state index in [9.17, 15) is 0 Å². The summed E-state index contributed by atoms with van der Waals surface area (Å²) in [5.74, 6) is 3.93. The van der Waals surface area contributed by atoms with Crippen molar-refractivity contribution in [1.29, 1.82) is 0 Å². The van der Waals surface area contributed by atoms with Crippen LogP contribution in [0.4, 0.5) is 0 Å². The van der Waals surface area contributed by atoms with Crippen LogP contribution >= 0.6 is 0 Å². The van der Waals surface area contributed by atoms with Gasteiger partial charge in [-0.2, -0.15) is 0 Å². The molecule has 29 heavy (non-hydrogen) atoms. The average Bonchev–Trinajstić information content (AvgIpc) is 3.48. The van der Waals surface area contributed by atoms with E-state index in [0.29, 0.717) is 42.0 Å². The third-order valence-electron chi connectivity index (χ3n) is 6.01. The van der Waals surface area contributed by atoms with Gasteiger partial charge in [0.1, 0.15) is 0 Å². The quantitative estimate of drug-likeness (QED) is 0.761. The Labute approximate surface area is 169 Å². The second kappa shape index (κ2) is 7.31. The van der Waals surface area contributed by atoms with Gasteiger partial charge in [0.25, 0.3) is 0 Å². The van der Waals surface area contributed by atoms with Crippen LogP contribution in [0.15, 0.2) is 30.3 Å². The minimum atomic E-state index is -0.0754. The summed E-state index contributed by atoms with van der Waals surface area (Å²) in [6, 6.07) is 9.90. The highest BCUT2D eigenvalue weighted by atomic mass is 16.7. The monoisotopic (exact) mass is 400 g/mol. The highest BCUT2D eigenvalue weighted by Gasteiger charge is 2.48. The Morgan fingerprint density at radius 2 is 1.38 bits per heavy atom. The van der Waals surface area contributed by atoms with Crippen LogP contribution in [0.3, 0.4) is 0 Å². The van der Waals surface area contributed by atoms with E-state index in [4.69, 9.17) is 33.2 Å². The van der Waals surface area contributed by atoms with E-state index in [1.54, 1.807) is 21.3 Å². The van der Waals surface area contributed by atoms with E-state index in [-0.39, 0.29) is 30.8 Å². The molecular formula is C22H24O7. The molecule has 0 spiro atoms. The van der Waals surface area contributed by atoms with Crippen LogP contribution in [-0.4, -0.2) is 41.3 Å². The van der Waals surface area contributed by atoms with Crippen LogP contribution in [0, 0.1) is 11.8 Å². The molecule has 4 unspecified atom stereocenters. The molecule has 0 aliphatic carbocycles. The lowest BCUT2D eigenvalue weighted by Crippen LogP contribution is -2.14. The smallest absolute Gasteiger partial charge is 0.231 e. The summed E-state index contributed by atoms with van der Waals surface area (Å²) in [6.07, 6.45) is -0.116. The molecule has 2 saturated heterocycles. The molecule has 0 aromatic heterocycles. The Morgan fingerprint density at radius 1 is 0.724 bits per heavy atom. The number of methoxy groups -OCH3 is 3. The SMILES string of the molecule is COc1ccc(C2OCC3C(c4cc(OC)c5c(c4)OCO5)OCC23)cc1OC. The van der Waals surface area contributed by atoms with E-state index >= 15 is 0 Å². The molecule has 2 fully saturated rings. The second-order valence-corrected chi connectivity index (χ2v) is 7.41. The van der Waals surface area contributed by atoms with Crippen molar-refractivity contribution in [3.8, 4) is 28.7 Å². The molecule has 0 amide bonds. The van der Waals surface area contributed by atoms with Crippen molar-refractivity contribution >= 4 is 0 Å². The van der Waals surface area contributed by atoms with Crippen LogP contribution in [-0.2, 0) is 9.47 Å². The van der Waals surface area contributed by atoms with Crippen molar-refractivity contribution < 1.29 is 33.2 Å². The minimum absolute atomic E-state index is 0.0410. The topological polar surface area (TPSA) is 64.6 Å². The van der Waals surface area contributed by atoms with Gasteiger partial charge in [0, 0.05) is 11.8 Å². The summed E-state index contributed by atoms with van der Waals surface area (Å²) < 4.78 is 39.8. The van der Waals surface area contributed by atoms with Gasteiger partial charge in [-0.25, -0.2) is 0 Å². The van der Waals surface area contributed by atoms with Gasteiger partial charge >= 0.3 is 0 Å². The van der Waals surface area contributed by atoms with Crippen molar-refractivity contribution in [2.24, 2.45) is 11.8 Å². The summed E-state index contributed by atoms with van der Waals surface area (Å²) in [5.41, 5.74) is 2.10. The van der Waals surface area contributed by atoms with Crippen molar-refractivity contribution in [2.45, 2.75) is 12.2 Å². The molecule has 4 atom stereocenters. The van der Waals surface area contributed by atoms with Crippen molar-refractivity contribution in [3.05, 3.63) is 41.5 Å². The molecule has 0 radical (unpaired) electrons. The molecule has 3 aliphatic rings. The van der Waals surface area contributed by atoms with Crippen molar-refractivity contribution in [1.82, 2.24) is 0 Å². The zero-order chi connectivity index (χ0) is 20.0. The van der Waals surface area contributed by atoms with Crippen LogP contribution < -0.4 is 23.7 Å². The van der Waals surface area contributed by atoms with Crippen LogP contribution in [0.5, 0.6) is 28.7 Å². The molecule has 3 heterocycles. The average molecular weight is 400 g/mol. The largest absolute Gasteiger partial charge is 0.493 e. The van der Waals surface area contributed by atoms with Gasteiger partial charge in [-0.1, -0.05) is 6.07 Å². The van der Waals surface area contributed by atoms with Gasteiger partial charge in [-0.15, -0.1) is 0 Å². The summed E-state index contributed by atoms with van der Waals surface area (Å²) in [7, 11) is 4.90. The molecular weight excluding hydrogens is 376 g/mol. The molecule has 7 heteroatoms. The molecule has 2 aromatic rings. The molecule has 0 N–H and O–H groups in total. The maximum atomic E-state index is 6.23. The lowest BCUT2D eigenvalue weighted by molar-refractivity contribution is 0.0191. The maximum Gasteiger partial charge on any atom is 0.231 e. The fourth-order valence-corrected chi connectivity index (χ4v) is 4.58. The van der Waals surface area contributed by atoms with Gasteiger partial charge < -0.3 is 33.2 Å². The Bertz CT molecular complexity index is 912. The number of fused-ring (bicyclic) bond motifs is 2. The Morgan fingerprint density at radius 3 is 2.07 bits per heavy atom. The fraction of sp³-hybridized carbons (Fsp3) is 0.455. The number of hydrogen-bond acceptors (Lipinski definition) is 7. The highest BCUT2D eigenvalue weighted by molar-refractivity contribution is 5.55. The summed E-state index contributed by atoms with van der Waals surface area (Å²) >= 11 is 0. The van der Waals surface area contributed by atoms with E-state index < -0.39 is 0 Å². The third kappa shape index (κ3) is 2.96. The Hall–Kier alpha value is -2.64. The van der Waals surface area contributed by atoms with Gasteiger partial charge in [-0.3, -0.25) is 0 Å². The molecule has 0 saturated carbocycles. The van der Waals surface area contributed by atoms with Gasteiger partial charge in [-0.05, 0) is 35.4 Å². The summed E-state index contributed by atoms with van der Waals surface area (Å²) in [5, 5.41) is 0. The van der Waals surface area contributed by atoms with Crippen molar-refractivity contribution in [2.75, 3.05) is 41.3 Å². The molecule has 154 valence electrons. The molecule has 5 rings (SSSR count). The number of hydrogen-bond donors (Lipinski definition) is 0. The van der Waals surface area contributed by atoms with E-state index in [0.717, 1.165) is 11.1 Å². The first-order valence-corrected chi connectivity index (χ1v) is 9.66. The second-order valence-electron chi connectivity index (χ2n) is 7.41. The number of rotatable bonds is 5. The Kier molecular flexibility index (Phi) is 4.64. The normalized spacial score (nSPS) is 27.0. The molecule has 0 bridgehead atoms. The standard InChI is InChI=1S/C22H24O7/c1-23-16-5-4-12(6-17(16)24-2)20-14-9-27-21(15(14)10-26-20)13-7-18(25-3)22-19(8-13)28-11-29-22/h4-8,14-15,20-21H,9-11H2,1-3H3. The lowest BCUT2D eigenvalue weighted by Gasteiger charge is -2.18. The third-order valence-corrected chi connectivity index (χ3v) is 6.01. The zero-order valence-electron chi connectivity index (χ0n) is 16.7. The molecule has 7 nitrogen and oxygen atoms in total. The molecule has 3 aliphatic heterocycles. The fourth-order valence-electron chi connectivity index (χ4n) is 4.58. The summed E-state index contributed by atoms with van der Waals surface area (Å²) in [6.45, 7) is 1.47. The van der Waals surface area contributed by atoms with Gasteiger partial charge in [0.05, 0.1) is 46.8 Å². The minimum Gasteiger partial charge on any atom is -0.493 e. The predicted octanol–water partition coefficient (Wildman–Crippen LogP) is 3.52. The Balaban J connectivity index is 1.41. The van der Waals surface area contributed by atoms with E-state index in [1.165, 1.54) is 0 Å². The first-order chi connectivity index (χ1) is 14.2. The molecule has 2 aromatic carbocycles. The van der Waals surface area contributed by atoms with E-state index in [2.05, 4.69) is 0 Å². The summed E-state index contributed by atoms with van der Waals surface area (Å²) in [4.78, 5) is 0. The van der Waals surface area contributed by atoms with Crippen LogP contribution in [0.25, 0.3) is 0 Å². The first kappa shape index (κ1) is 18.4. The van der Waals surface area contributed by atoms with Crippen LogP contribution in [0.2, 0.25) is 0 Å². The van der Waals surface area contributed by atoms with Crippen LogP contribution in [0.1, 0.15) is 23.3 Å². The maximum absolute atomic E-state index is 6.23. The number of benzene rings is 2.